The van der Waals surface area contributed by atoms with Gasteiger partial charge < -0.3 is 20.3 Å². The van der Waals surface area contributed by atoms with Crippen molar-refractivity contribution >= 4 is 36.9 Å². The Kier molecular flexibility index (Phi) is 7.08. The molecule has 1 saturated heterocycles. The molecule has 11 nitrogen and oxygen atoms in total. The van der Waals surface area contributed by atoms with Crippen molar-refractivity contribution in [2.24, 2.45) is 0 Å². The van der Waals surface area contributed by atoms with Gasteiger partial charge in [0.2, 0.25) is 11.8 Å². The number of alkyl halides is 1. The molecule has 3 aromatic rings. The van der Waals surface area contributed by atoms with E-state index in [0.29, 0.717) is 24.3 Å². The zero-order chi connectivity index (χ0) is 23.6. The largest absolute Gasteiger partial charge is 0.613 e. The highest BCUT2D eigenvalue weighted by atomic mass is 35.5. The van der Waals surface area contributed by atoms with E-state index < -0.39 is 31.5 Å². The van der Waals surface area contributed by atoms with Gasteiger partial charge in [0.25, 0.3) is 0 Å². The summed E-state index contributed by atoms with van der Waals surface area (Å²) in [7, 11) is -2.18. The number of anilines is 1. The maximum Gasteiger partial charge on any atom is 0.613 e. The minimum Gasteiger partial charge on any atom is -0.476 e. The first-order chi connectivity index (χ1) is 15.8. The van der Waals surface area contributed by atoms with Gasteiger partial charge in [0, 0.05) is 0 Å². The molecule has 4 rings (SSSR count). The Balaban J connectivity index is 1.46. The summed E-state index contributed by atoms with van der Waals surface area (Å²) in [5.74, 6) is 0.249. The maximum atomic E-state index is 12.2. The number of ether oxygens (including phenoxy) is 2. The molecule has 1 aliphatic heterocycles. The fourth-order valence-corrected chi connectivity index (χ4v) is 4.59. The van der Waals surface area contributed by atoms with E-state index in [1.165, 1.54) is 6.33 Å². The molecule has 0 saturated carbocycles. The number of nitrogens with one attached hydrogen (secondary N) is 1. The van der Waals surface area contributed by atoms with Crippen LogP contribution in [0.5, 0.6) is 5.88 Å². The fraction of sp³-hybridized carbons (Fsp3) is 0.450. The molecule has 1 unspecified atom stereocenters. The lowest BCUT2D eigenvalue weighted by Gasteiger charge is -2.26. The molecule has 176 valence electrons. The zero-order valence-corrected chi connectivity index (χ0v) is 19.7. The second-order valence-corrected chi connectivity index (χ2v) is 9.54. The number of hydrogen-bond donors (Lipinski definition) is 3. The standard InChI is InChI=1S/C20H25ClN6O5P/c1-3-30-17-14-16(25-19(22)26-17)27(11-23-14)18-20(2,21)15(28)13(32-18)10-31-33(29)24-9-12-7-5-4-6-8-12/h4-8,11,13,15,18,28H,3,9-10H2,1-2H3,(H,24,29)(H2,22,25,26)/q+1/t13-,15-,18-,20-/m1/s1. The molecule has 33 heavy (non-hydrogen) atoms. The summed E-state index contributed by atoms with van der Waals surface area (Å²) in [5, 5.41) is 13.6. The smallest absolute Gasteiger partial charge is 0.476 e. The second-order valence-electron chi connectivity index (χ2n) is 7.64. The molecule has 1 aromatic carbocycles. The van der Waals surface area contributed by atoms with Crippen molar-refractivity contribution in [3.8, 4) is 5.88 Å². The van der Waals surface area contributed by atoms with Crippen molar-refractivity contribution in [3.63, 3.8) is 0 Å². The molecule has 1 fully saturated rings. The summed E-state index contributed by atoms with van der Waals surface area (Å²) in [6.07, 6.45) is -1.33. The van der Waals surface area contributed by atoms with Crippen LogP contribution < -0.4 is 15.6 Å². The first-order valence-corrected chi connectivity index (χ1v) is 11.9. The minimum atomic E-state index is -2.18. The third-order valence-electron chi connectivity index (χ3n) is 5.27. The molecule has 0 radical (unpaired) electrons. The molecule has 2 aromatic heterocycles. The lowest BCUT2D eigenvalue weighted by atomic mass is 10.0. The average molecular weight is 496 g/mol. The zero-order valence-electron chi connectivity index (χ0n) is 18.1. The molecule has 13 heteroatoms. The molecular weight excluding hydrogens is 471 g/mol. The summed E-state index contributed by atoms with van der Waals surface area (Å²) in [5.41, 5.74) is 7.54. The third kappa shape index (κ3) is 4.93. The van der Waals surface area contributed by atoms with Crippen LogP contribution in [-0.2, 0) is 20.4 Å². The van der Waals surface area contributed by atoms with E-state index in [4.69, 9.17) is 31.3 Å². The van der Waals surface area contributed by atoms with E-state index in [9.17, 15) is 9.67 Å². The summed E-state index contributed by atoms with van der Waals surface area (Å²) < 4.78 is 30.7. The van der Waals surface area contributed by atoms with Gasteiger partial charge in [-0.15, -0.1) is 16.1 Å². The highest BCUT2D eigenvalue weighted by Gasteiger charge is 2.54. The molecule has 0 spiro atoms. The summed E-state index contributed by atoms with van der Waals surface area (Å²) in [6, 6.07) is 9.51. The molecule has 0 aliphatic carbocycles. The number of rotatable bonds is 9. The predicted molar refractivity (Wildman–Crippen MR) is 122 cm³/mol. The van der Waals surface area contributed by atoms with Gasteiger partial charge in [-0.3, -0.25) is 4.57 Å². The number of benzene rings is 1. The predicted octanol–water partition coefficient (Wildman–Crippen LogP) is 2.53. The molecule has 0 bridgehead atoms. The van der Waals surface area contributed by atoms with Gasteiger partial charge in [-0.25, -0.2) is 4.98 Å². The van der Waals surface area contributed by atoms with E-state index in [-0.39, 0.29) is 18.4 Å². The first kappa shape index (κ1) is 23.7. The van der Waals surface area contributed by atoms with Crippen molar-refractivity contribution in [2.75, 3.05) is 18.9 Å². The SMILES string of the molecule is CCOc1nc(N)nc2c1ncn2[C@@H]1O[C@H](CO[P+](=O)NCc2ccccc2)[C@@H](O)[C@@]1(C)Cl. The molecular formula is C20H25ClN6O5P+. The van der Waals surface area contributed by atoms with Gasteiger partial charge in [-0.05, 0) is 24.0 Å². The number of aromatic nitrogens is 4. The highest BCUT2D eigenvalue weighted by Crippen LogP contribution is 2.45. The van der Waals surface area contributed by atoms with Crippen molar-refractivity contribution in [2.45, 2.75) is 43.7 Å². The number of nitrogen functional groups attached to an aromatic ring is 1. The van der Waals surface area contributed by atoms with Gasteiger partial charge in [0.15, 0.2) is 17.4 Å². The number of fused-ring (bicyclic) bond motifs is 1. The molecule has 3 heterocycles. The van der Waals surface area contributed by atoms with Gasteiger partial charge in [0.05, 0.1) is 19.5 Å². The lowest BCUT2D eigenvalue weighted by molar-refractivity contribution is -0.0382. The van der Waals surface area contributed by atoms with Gasteiger partial charge >= 0.3 is 8.18 Å². The Morgan fingerprint density at radius 2 is 2.12 bits per heavy atom. The fourth-order valence-electron chi connectivity index (χ4n) is 3.60. The number of aliphatic hydroxyl groups is 1. The first-order valence-electron chi connectivity index (χ1n) is 10.3. The Bertz CT molecular complexity index is 1130. The number of nitrogens with zero attached hydrogens (tertiary/aromatic N) is 4. The molecule has 5 atom stereocenters. The topological polar surface area (TPSA) is 147 Å². The summed E-state index contributed by atoms with van der Waals surface area (Å²) in [6.45, 7) is 4.07. The number of aliphatic hydroxyl groups excluding tert-OH is 1. The summed E-state index contributed by atoms with van der Waals surface area (Å²) in [4.78, 5) is 11.4. The normalized spacial score (nSPS) is 25.5. The lowest BCUT2D eigenvalue weighted by Crippen LogP contribution is -2.39. The third-order valence-corrected chi connectivity index (χ3v) is 6.48. The number of nitrogens with two attached hydrogens (primary N) is 1. The van der Waals surface area contributed by atoms with E-state index in [1.807, 2.05) is 37.3 Å². The average Bonchev–Trinajstić information content (AvgIpc) is 3.30. The van der Waals surface area contributed by atoms with Crippen molar-refractivity contribution in [1.29, 1.82) is 0 Å². The molecule has 0 amide bonds. The van der Waals surface area contributed by atoms with Crippen LogP contribution in [0.3, 0.4) is 0 Å². The molecule has 1 aliphatic rings. The van der Waals surface area contributed by atoms with Gasteiger partial charge in [0.1, 0.15) is 23.7 Å². The minimum absolute atomic E-state index is 0.00360. The highest BCUT2D eigenvalue weighted by molar-refractivity contribution is 7.36. The van der Waals surface area contributed by atoms with E-state index in [0.717, 1.165) is 5.56 Å². The van der Waals surface area contributed by atoms with Gasteiger partial charge in [-0.2, -0.15) is 9.97 Å². The van der Waals surface area contributed by atoms with Gasteiger partial charge in [-0.1, -0.05) is 35.4 Å². The van der Waals surface area contributed by atoms with Crippen molar-refractivity contribution < 1.29 is 23.7 Å². The molecule has 4 N–H and O–H groups in total. The van der Waals surface area contributed by atoms with Crippen LogP contribution >= 0.6 is 19.8 Å². The van der Waals surface area contributed by atoms with Crippen LogP contribution in [0.4, 0.5) is 5.95 Å². The Hall–Kier alpha value is -2.40. The van der Waals surface area contributed by atoms with E-state index >= 15 is 0 Å². The van der Waals surface area contributed by atoms with Crippen molar-refractivity contribution in [3.05, 3.63) is 42.2 Å². The van der Waals surface area contributed by atoms with Crippen LogP contribution in [0.15, 0.2) is 36.7 Å². The van der Waals surface area contributed by atoms with E-state index in [1.54, 1.807) is 11.5 Å². The summed E-state index contributed by atoms with van der Waals surface area (Å²) >= 11 is 6.69. The quantitative estimate of drug-likeness (QED) is 0.299. The van der Waals surface area contributed by atoms with Crippen molar-refractivity contribution in [1.82, 2.24) is 24.6 Å². The second kappa shape index (κ2) is 9.84. The maximum absolute atomic E-state index is 12.2. The van der Waals surface area contributed by atoms with E-state index in [2.05, 4.69) is 20.0 Å². The van der Waals surface area contributed by atoms with Crippen LogP contribution in [0.1, 0.15) is 25.6 Å². The van der Waals surface area contributed by atoms with Crippen LogP contribution in [0, 0.1) is 0 Å². The number of halogens is 1. The van der Waals surface area contributed by atoms with Crippen LogP contribution in [-0.4, -0.2) is 54.9 Å². The number of imidazole rings is 1. The monoisotopic (exact) mass is 495 g/mol. The number of hydrogen-bond acceptors (Lipinski definition) is 9. The Morgan fingerprint density at radius 3 is 2.85 bits per heavy atom. The van der Waals surface area contributed by atoms with Crippen LogP contribution in [0.2, 0.25) is 0 Å². The van der Waals surface area contributed by atoms with Crippen LogP contribution in [0.25, 0.3) is 11.2 Å². The Morgan fingerprint density at radius 1 is 1.36 bits per heavy atom. The Labute approximate surface area is 196 Å².